The molecule has 2 N–H and O–H groups in total. The van der Waals surface area contributed by atoms with Crippen molar-refractivity contribution >= 4 is 50.9 Å². The minimum Gasteiger partial charge on any atom is -0.383 e. The van der Waals surface area contributed by atoms with Crippen LogP contribution >= 0.6 is 34.2 Å². The highest BCUT2D eigenvalue weighted by Gasteiger charge is 2.11. The van der Waals surface area contributed by atoms with Gasteiger partial charge in [0.1, 0.15) is 5.82 Å². The van der Waals surface area contributed by atoms with Crippen molar-refractivity contribution in [1.29, 1.82) is 0 Å². The van der Waals surface area contributed by atoms with Gasteiger partial charge in [0, 0.05) is 23.3 Å². The van der Waals surface area contributed by atoms with Crippen LogP contribution in [0.4, 0.5) is 5.82 Å². The highest BCUT2D eigenvalue weighted by Crippen LogP contribution is 2.30. The van der Waals surface area contributed by atoms with Gasteiger partial charge >= 0.3 is 0 Å². The molecule has 0 aliphatic carbocycles. The van der Waals surface area contributed by atoms with Crippen molar-refractivity contribution in [3.05, 3.63) is 45.3 Å². The lowest BCUT2D eigenvalue weighted by molar-refractivity contribution is 1.17. The zero-order chi connectivity index (χ0) is 13.4. The lowest BCUT2D eigenvalue weighted by atomic mass is 10.1. The molecule has 0 radical (unpaired) electrons. The summed E-state index contributed by atoms with van der Waals surface area (Å²) in [6.45, 7) is 0. The Morgan fingerprint density at radius 2 is 2.00 bits per heavy atom. The van der Waals surface area contributed by atoms with E-state index >= 15 is 0 Å². The van der Waals surface area contributed by atoms with E-state index < -0.39 is 0 Å². The van der Waals surface area contributed by atoms with Gasteiger partial charge < -0.3 is 5.73 Å². The number of nitrogen functional groups attached to an aromatic ring is 1. The smallest absolute Gasteiger partial charge is 0.163 e. The number of pyridine rings is 1. The zero-order valence-electron chi connectivity index (χ0n) is 9.64. The molecule has 19 heavy (non-hydrogen) atoms. The van der Waals surface area contributed by atoms with Crippen molar-refractivity contribution in [3.63, 3.8) is 0 Å². The van der Waals surface area contributed by atoms with E-state index in [1.807, 2.05) is 24.3 Å². The van der Waals surface area contributed by atoms with E-state index in [1.165, 1.54) is 0 Å². The van der Waals surface area contributed by atoms with Gasteiger partial charge in [-0.3, -0.25) is 4.98 Å². The van der Waals surface area contributed by atoms with Crippen LogP contribution in [0.15, 0.2) is 36.7 Å². The van der Waals surface area contributed by atoms with E-state index in [2.05, 4.69) is 37.5 Å². The Bertz CT molecular complexity index is 776. The molecule has 94 valence electrons. The molecule has 2 aromatic heterocycles. The van der Waals surface area contributed by atoms with E-state index in [0.717, 1.165) is 20.0 Å². The van der Waals surface area contributed by atoms with Gasteiger partial charge in [-0.15, -0.1) is 0 Å². The maximum atomic E-state index is 6.17. The first-order valence-electron chi connectivity index (χ1n) is 5.48. The van der Waals surface area contributed by atoms with Crippen molar-refractivity contribution in [1.82, 2.24) is 15.0 Å². The Morgan fingerprint density at radius 3 is 2.79 bits per heavy atom. The fourth-order valence-corrected chi connectivity index (χ4v) is 2.30. The third-order valence-electron chi connectivity index (χ3n) is 2.73. The monoisotopic (exact) mass is 382 g/mol. The first kappa shape index (κ1) is 12.6. The first-order valence-corrected chi connectivity index (χ1v) is 6.94. The van der Waals surface area contributed by atoms with Crippen LogP contribution in [0.1, 0.15) is 0 Å². The average Bonchev–Trinajstić information content (AvgIpc) is 2.43. The van der Waals surface area contributed by atoms with Gasteiger partial charge in [-0.05, 0) is 46.9 Å². The number of hydrogen-bond donors (Lipinski definition) is 1. The molecule has 1 aromatic carbocycles. The molecule has 0 bridgehead atoms. The van der Waals surface area contributed by atoms with Gasteiger partial charge in [-0.25, -0.2) is 9.97 Å². The molecule has 0 unspecified atom stereocenters. The number of anilines is 1. The fraction of sp³-hybridized carbons (Fsp3) is 0. The molecule has 0 aliphatic heterocycles. The summed E-state index contributed by atoms with van der Waals surface area (Å²) in [7, 11) is 0. The molecule has 0 fully saturated rings. The van der Waals surface area contributed by atoms with Crippen LogP contribution in [-0.4, -0.2) is 15.0 Å². The average molecular weight is 383 g/mol. The fourth-order valence-electron chi connectivity index (χ4n) is 1.83. The molecular weight excluding hydrogens is 375 g/mol. The third-order valence-corrected chi connectivity index (χ3v) is 3.89. The number of rotatable bonds is 1. The van der Waals surface area contributed by atoms with Gasteiger partial charge in [0.05, 0.1) is 14.1 Å². The number of benzene rings is 1. The van der Waals surface area contributed by atoms with Gasteiger partial charge in [0.2, 0.25) is 0 Å². The largest absolute Gasteiger partial charge is 0.383 e. The van der Waals surface area contributed by atoms with E-state index in [4.69, 9.17) is 17.3 Å². The second kappa shape index (κ2) is 4.90. The minimum absolute atomic E-state index is 0.463. The van der Waals surface area contributed by atoms with Gasteiger partial charge in [0.15, 0.2) is 5.82 Å². The second-order valence-corrected chi connectivity index (χ2v) is 5.49. The summed E-state index contributed by atoms with van der Waals surface area (Å²) in [6, 6.07) is 7.45. The summed E-state index contributed by atoms with van der Waals surface area (Å²) >= 11 is 8.26. The molecule has 0 atom stereocenters. The van der Waals surface area contributed by atoms with Crippen molar-refractivity contribution in [2.75, 3.05) is 5.73 Å². The lowest BCUT2D eigenvalue weighted by Gasteiger charge is -2.07. The molecule has 2 heterocycles. The Kier molecular flexibility index (Phi) is 3.24. The summed E-state index contributed by atoms with van der Waals surface area (Å²) in [6.07, 6.45) is 3.42. The molecule has 3 aromatic rings. The SMILES string of the molecule is Nc1nc(-c2ccc(Cl)c3cccnc23)ncc1I. The van der Waals surface area contributed by atoms with Crippen molar-refractivity contribution in [2.24, 2.45) is 0 Å². The van der Waals surface area contributed by atoms with Crippen LogP contribution < -0.4 is 5.73 Å². The Labute approximate surface area is 128 Å². The lowest BCUT2D eigenvalue weighted by Crippen LogP contribution is -1.99. The molecule has 0 aliphatic rings. The Morgan fingerprint density at radius 1 is 1.16 bits per heavy atom. The molecule has 0 spiro atoms. The summed E-state index contributed by atoms with van der Waals surface area (Å²) in [4.78, 5) is 13.0. The van der Waals surface area contributed by atoms with Crippen LogP contribution in [0.2, 0.25) is 5.02 Å². The summed E-state index contributed by atoms with van der Waals surface area (Å²) in [5, 5.41) is 1.53. The molecule has 0 saturated carbocycles. The van der Waals surface area contributed by atoms with Crippen molar-refractivity contribution < 1.29 is 0 Å². The first-order chi connectivity index (χ1) is 9.16. The third kappa shape index (κ3) is 2.23. The van der Waals surface area contributed by atoms with Crippen LogP contribution in [0, 0.1) is 3.57 Å². The van der Waals surface area contributed by atoms with Crippen molar-refractivity contribution in [3.8, 4) is 11.4 Å². The maximum Gasteiger partial charge on any atom is 0.163 e. The number of nitrogens with two attached hydrogens (primary N) is 1. The number of fused-ring (bicyclic) bond motifs is 1. The molecule has 0 amide bonds. The predicted molar refractivity (Wildman–Crippen MR) is 84.9 cm³/mol. The van der Waals surface area contributed by atoms with E-state index in [9.17, 15) is 0 Å². The summed E-state index contributed by atoms with van der Waals surface area (Å²) in [5.41, 5.74) is 7.42. The topological polar surface area (TPSA) is 64.7 Å². The Balaban J connectivity index is 2.31. The van der Waals surface area contributed by atoms with Crippen LogP contribution in [0.25, 0.3) is 22.3 Å². The quantitative estimate of drug-likeness (QED) is 0.654. The predicted octanol–water partition coefficient (Wildman–Crippen LogP) is 3.53. The molecule has 4 nitrogen and oxygen atoms in total. The van der Waals surface area contributed by atoms with Gasteiger partial charge in [0.25, 0.3) is 0 Å². The molecule has 3 rings (SSSR count). The molecule has 0 saturated heterocycles. The summed E-state index contributed by atoms with van der Waals surface area (Å²) in [5.74, 6) is 1.02. The standard InChI is InChI=1S/C13H8ClIN4/c14-9-4-3-8(11-7(9)2-1-5-17-11)13-18-6-10(15)12(16)19-13/h1-6H,(H2,16,18,19). The minimum atomic E-state index is 0.463. The van der Waals surface area contributed by atoms with Crippen molar-refractivity contribution in [2.45, 2.75) is 0 Å². The normalized spacial score (nSPS) is 10.8. The van der Waals surface area contributed by atoms with E-state index in [-0.39, 0.29) is 0 Å². The van der Waals surface area contributed by atoms with E-state index in [0.29, 0.717) is 16.7 Å². The highest BCUT2D eigenvalue weighted by molar-refractivity contribution is 14.1. The highest BCUT2D eigenvalue weighted by atomic mass is 127. The number of nitrogens with zero attached hydrogens (tertiary/aromatic N) is 3. The van der Waals surface area contributed by atoms with Crippen LogP contribution in [0.3, 0.4) is 0 Å². The van der Waals surface area contributed by atoms with Gasteiger partial charge in [-0.1, -0.05) is 11.6 Å². The Hall–Kier alpha value is -1.47. The van der Waals surface area contributed by atoms with Crippen LogP contribution in [-0.2, 0) is 0 Å². The molecular formula is C13H8ClIN4. The maximum absolute atomic E-state index is 6.17. The van der Waals surface area contributed by atoms with E-state index in [1.54, 1.807) is 12.4 Å². The molecule has 6 heteroatoms. The summed E-state index contributed by atoms with van der Waals surface area (Å²) < 4.78 is 0.826. The second-order valence-electron chi connectivity index (χ2n) is 3.92. The zero-order valence-corrected chi connectivity index (χ0v) is 12.6. The number of halogens is 2. The van der Waals surface area contributed by atoms with Gasteiger partial charge in [-0.2, -0.15) is 0 Å². The van der Waals surface area contributed by atoms with Crippen LogP contribution in [0.5, 0.6) is 0 Å². The number of hydrogen-bond acceptors (Lipinski definition) is 4. The number of aromatic nitrogens is 3.